The van der Waals surface area contributed by atoms with E-state index in [2.05, 4.69) is 46.6 Å². The van der Waals surface area contributed by atoms with Crippen LogP contribution in [0.15, 0.2) is 48.5 Å². The minimum Gasteiger partial charge on any atom is -0.326 e. The van der Waals surface area contributed by atoms with Gasteiger partial charge in [0.15, 0.2) is 0 Å². The number of hydrogen-bond acceptors (Lipinski definition) is 2. The van der Waals surface area contributed by atoms with Crippen LogP contribution in [-0.2, 0) is 4.79 Å². The van der Waals surface area contributed by atoms with Crippen molar-refractivity contribution in [3.8, 4) is 0 Å². The maximum Gasteiger partial charge on any atom is 0.221 e. The van der Waals surface area contributed by atoms with Crippen molar-refractivity contribution in [2.75, 3.05) is 11.9 Å². The lowest BCUT2D eigenvalue weighted by Gasteiger charge is -2.34. The van der Waals surface area contributed by atoms with Crippen LogP contribution >= 0.6 is 0 Å². The van der Waals surface area contributed by atoms with Gasteiger partial charge in [-0.05, 0) is 61.1 Å². The van der Waals surface area contributed by atoms with Crippen LogP contribution < -0.4 is 5.32 Å². The van der Waals surface area contributed by atoms with Gasteiger partial charge in [-0.2, -0.15) is 0 Å². The number of nitrogens with zero attached hydrogens (tertiary/aromatic N) is 1. The third kappa shape index (κ3) is 4.30. The molecule has 140 valence electrons. The first-order valence-corrected chi connectivity index (χ1v) is 10.1. The Morgan fingerprint density at radius 1 is 1.00 bits per heavy atom. The molecule has 2 aliphatic heterocycles. The SMILES string of the molecule is CC(=O)Nc1cccc(/C=C/c2ccc(C3CCC4CCCCN43)cc2)c1. The zero-order chi connectivity index (χ0) is 18.6. The summed E-state index contributed by atoms with van der Waals surface area (Å²) in [6.45, 7) is 2.79. The van der Waals surface area contributed by atoms with Crippen molar-refractivity contribution >= 4 is 23.7 Å². The van der Waals surface area contributed by atoms with Crippen LogP contribution in [0.2, 0.25) is 0 Å². The van der Waals surface area contributed by atoms with E-state index in [0.717, 1.165) is 17.3 Å². The minimum atomic E-state index is -0.0467. The van der Waals surface area contributed by atoms with Crippen LogP contribution in [0.25, 0.3) is 12.2 Å². The second-order valence-corrected chi connectivity index (χ2v) is 7.79. The summed E-state index contributed by atoms with van der Waals surface area (Å²) in [7, 11) is 0. The zero-order valence-corrected chi connectivity index (χ0v) is 16.0. The highest BCUT2D eigenvalue weighted by Crippen LogP contribution is 2.40. The summed E-state index contributed by atoms with van der Waals surface area (Å²) in [5, 5.41) is 2.83. The fourth-order valence-corrected chi connectivity index (χ4v) is 4.56. The second-order valence-electron chi connectivity index (χ2n) is 7.79. The fourth-order valence-electron chi connectivity index (χ4n) is 4.56. The molecule has 2 fully saturated rings. The fraction of sp³-hybridized carbons (Fsp3) is 0.375. The molecule has 1 N–H and O–H groups in total. The van der Waals surface area contributed by atoms with Gasteiger partial charge in [0.2, 0.25) is 5.91 Å². The Labute approximate surface area is 162 Å². The first-order valence-electron chi connectivity index (χ1n) is 10.1. The summed E-state index contributed by atoms with van der Waals surface area (Å²) < 4.78 is 0. The van der Waals surface area contributed by atoms with Crippen LogP contribution in [0.3, 0.4) is 0 Å². The van der Waals surface area contributed by atoms with Gasteiger partial charge in [-0.25, -0.2) is 0 Å². The largest absolute Gasteiger partial charge is 0.326 e. The molecule has 0 aliphatic carbocycles. The van der Waals surface area contributed by atoms with Gasteiger partial charge in [0, 0.05) is 24.7 Å². The van der Waals surface area contributed by atoms with Gasteiger partial charge in [0.1, 0.15) is 0 Å². The Kier molecular flexibility index (Phi) is 5.40. The van der Waals surface area contributed by atoms with Gasteiger partial charge in [0.05, 0.1) is 0 Å². The number of benzene rings is 2. The molecule has 2 saturated heterocycles. The van der Waals surface area contributed by atoms with Crippen LogP contribution in [-0.4, -0.2) is 23.4 Å². The number of anilines is 1. The normalized spacial score (nSPS) is 22.7. The molecule has 0 radical (unpaired) electrons. The van der Waals surface area contributed by atoms with Crippen molar-refractivity contribution in [3.05, 3.63) is 65.2 Å². The predicted octanol–water partition coefficient (Wildman–Crippen LogP) is 5.50. The van der Waals surface area contributed by atoms with Crippen LogP contribution in [0.5, 0.6) is 0 Å². The molecule has 1 amide bonds. The Morgan fingerprint density at radius 3 is 2.63 bits per heavy atom. The first-order chi connectivity index (χ1) is 13.2. The van der Waals surface area contributed by atoms with Gasteiger partial charge in [-0.3, -0.25) is 9.69 Å². The first kappa shape index (κ1) is 18.0. The second kappa shape index (κ2) is 8.10. The van der Waals surface area contributed by atoms with Crippen molar-refractivity contribution in [2.45, 2.75) is 51.1 Å². The topological polar surface area (TPSA) is 32.3 Å². The number of rotatable bonds is 4. The van der Waals surface area contributed by atoms with Crippen molar-refractivity contribution in [3.63, 3.8) is 0 Å². The molecule has 3 heteroatoms. The Morgan fingerprint density at radius 2 is 1.81 bits per heavy atom. The molecule has 2 aliphatic rings. The molecule has 2 aromatic carbocycles. The molecule has 0 saturated carbocycles. The number of carbonyl (C=O) groups excluding carboxylic acids is 1. The van der Waals surface area contributed by atoms with Crippen LogP contribution in [0.4, 0.5) is 5.69 Å². The Hall–Kier alpha value is -2.39. The number of fused-ring (bicyclic) bond motifs is 1. The van der Waals surface area contributed by atoms with Gasteiger partial charge < -0.3 is 5.32 Å². The average molecular weight is 361 g/mol. The van der Waals surface area contributed by atoms with E-state index in [1.54, 1.807) is 0 Å². The Balaban J connectivity index is 1.43. The lowest BCUT2D eigenvalue weighted by Crippen LogP contribution is -2.35. The smallest absolute Gasteiger partial charge is 0.221 e. The molecule has 2 unspecified atom stereocenters. The molecule has 2 atom stereocenters. The maximum absolute atomic E-state index is 11.2. The zero-order valence-electron chi connectivity index (χ0n) is 16.0. The molecule has 0 bridgehead atoms. The molecule has 2 aromatic rings. The minimum absolute atomic E-state index is 0.0467. The van der Waals surface area contributed by atoms with Crippen molar-refractivity contribution in [1.29, 1.82) is 0 Å². The molecule has 2 heterocycles. The summed E-state index contributed by atoms with van der Waals surface area (Å²) in [5.74, 6) is -0.0467. The lowest BCUT2D eigenvalue weighted by atomic mass is 10.0. The summed E-state index contributed by atoms with van der Waals surface area (Å²) >= 11 is 0. The summed E-state index contributed by atoms with van der Waals surface area (Å²) in [5.41, 5.74) is 4.58. The molecule has 27 heavy (non-hydrogen) atoms. The van der Waals surface area contributed by atoms with Crippen molar-refractivity contribution in [1.82, 2.24) is 4.90 Å². The standard InChI is InChI=1S/C24H28N2O/c1-18(27)25-22-6-4-5-20(17-22)9-8-19-10-12-21(13-11-19)24-15-14-23-7-2-3-16-26(23)24/h4-6,8-13,17,23-24H,2-3,7,14-16H2,1H3,(H,25,27)/b9-8+. The van der Waals surface area contributed by atoms with E-state index in [4.69, 9.17) is 0 Å². The summed E-state index contributed by atoms with van der Waals surface area (Å²) in [6.07, 6.45) is 11.0. The number of nitrogens with one attached hydrogen (secondary N) is 1. The van der Waals surface area contributed by atoms with E-state index in [9.17, 15) is 4.79 Å². The van der Waals surface area contributed by atoms with E-state index in [1.807, 2.05) is 24.3 Å². The van der Waals surface area contributed by atoms with E-state index in [-0.39, 0.29) is 5.91 Å². The lowest BCUT2D eigenvalue weighted by molar-refractivity contribution is -0.114. The molecular formula is C24H28N2O. The predicted molar refractivity (Wildman–Crippen MR) is 112 cm³/mol. The van der Waals surface area contributed by atoms with E-state index >= 15 is 0 Å². The highest BCUT2D eigenvalue weighted by Gasteiger charge is 2.35. The number of piperidine rings is 1. The number of amides is 1. The molecule has 3 nitrogen and oxygen atoms in total. The monoisotopic (exact) mass is 360 g/mol. The summed E-state index contributed by atoms with van der Waals surface area (Å²) in [4.78, 5) is 13.9. The van der Waals surface area contributed by atoms with Gasteiger partial charge >= 0.3 is 0 Å². The molecule has 0 spiro atoms. The van der Waals surface area contributed by atoms with Crippen LogP contribution in [0, 0.1) is 0 Å². The highest BCUT2D eigenvalue weighted by molar-refractivity contribution is 5.89. The summed E-state index contributed by atoms with van der Waals surface area (Å²) in [6, 6.07) is 18.4. The number of hydrogen-bond donors (Lipinski definition) is 1. The molecular weight excluding hydrogens is 332 g/mol. The maximum atomic E-state index is 11.2. The highest BCUT2D eigenvalue weighted by atomic mass is 16.1. The van der Waals surface area contributed by atoms with Gasteiger partial charge in [0.25, 0.3) is 0 Å². The third-order valence-electron chi connectivity index (χ3n) is 5.84. The molecule has 4 rings (SSSR count). The third-order valence-corrected chi connectivity index (χ3v) is 5.84. The van der Waals surface area contributed by atoms with E-state index in [0.29, 0.717) is 6.04 Å². The molecule has 0 aromatic heterocycles. The van der Waals surface area contributed by atoms with Gasteiger partial charge in [-0.1, -0.05) is 55.0 Å². The van der Waals surface area contributed by atoms with Crippen molar-refractivity contribution in [2.24, 2.45) is 0 Å². The van der Waals surface area contributed by atoms with Gasteiger partial charge in [-0.15, -0.1) is 0 Å². The van der Waals surface area contributed by atoms with E-state index in [1.165, 1.54) is 56.7 Å². The van der Waals surface area contributed by atoms with Crippen molar-refractivity contribution < 1.29 is 4.79 Å². The van der Waals surface area contributed by atoms with E-state index < -0.39 is 0 Å². The quantitative estimate of drug-likeness (QED) is 0.730. The number of carbonyl (C=O) groups is 1. The van der Waals surface area contributed by atoms with Crippen LogP contribution in [0.1, 0.15) is 61.8 Å². The average Bonchev–Trinajstić information content (AvgIpc) is 3.11. The Bertz CT molecular complexity index is 825.